The molecule has 0 aliphatic heterocycles. The average Bonchev–Trinajstić information content (AvgIpc) is 2.62. The van der Waals surface area contributed by atoms with Gasteiger partial charge in [0.1, 0.15) is 5.60 Å². The van der Waals surface area contributed by atoms with Crippen molar-refractivity contribution in [3.05, 3.63) is 0 Å². The number of fused-ring (bicyclic) bond motifs is 5. The molecular weight excluding hydrogens is 310 g/mol. The van der Waals surface area contributed by atoms with Gasteiger partial charge in [-0.15, -0.1) is 0 Å². The lowest BCUT2D eigenvalue weighted by Crippen LogP contribution is -2.68. The summed E-state index contributed by atoms with van der Waals surface area (Å²) >= 11 is 0. The van der Waals surface area contributed by atoms with E-state index in [1.807, 2.05) is 0 Å². The Kier molecular flexibility index (Phi) is 3.04. The molecule has 0 radical (unpaired) electrons. The Morgan fingerprint density at radius 1 is 0.800 bits per heavy atom. The van der Waals surface area contributed by atoms with Crippen LogP contribution in [0.1, 0.15) is 64.7 Å². The highest BCUT2D eigenvalue weighted by Gasteiger charge is 2.68. The van der Waals surface area contributed by atoms with Gasteiger partial charge in [-0.05, 0) is 118 Å². The van der Waals surface area contributed by atoms with E-state index in [1.165, 1.54) is 51.4 Å². The first-order valence-electron chi connectivity index (χ1n) is 11.1. The van der Waals surface area contributed by atoms with Gasteiger partial charge in [0.15, 0.2) is 0 Å². The molecule has 3 heteroatoms. The zero-order chi connectivity index (χ0) is 16.9. The summed E-state index contributed by atoms with van der Waals surface area (Å²) < 4.78 is 5.81. The Labute approximate surface area is 151 Å². The molecule has 25 heavy (non-hydrogen) atoms. The fraction of sp³-hybridized carbons (Fsp3) is 0.955. The van der Waals surface area contributed by atoms with E-state index in [4.69, 9.17) is 10.5 Å². The van der Waals surface area contributed by atoms with Crippen molar-refractivity contribution in [2.24, 2.45) is 64.9 Å². The largest absolute Gasteiger partial charge is 0.443 e. The van der Waals surface area contributed by atoms with Gasteiger partial charge in [0.05, 0.1) is 0 Å². The number of ether oxygens (including phenoxy) is 1. The molecule has 0 aromatic heterocycles. The van der Waals surface area contributed by atoms with E-state index in [9.17, 15) is 4.79 Å². The first-order valence-corrected chi connectivity index (χ1v) is 11.1. The Morgan fingerprint density at radius 3 is 1.92 bits per heavy atom. The molecule has 9 unspecified atom stereocenters. The Hall–Kier alpha value is -0.730. The molecule has 9 fully saturated rings. The maximum Gasteiger partial charge on any atom is 0.405 e. The second-order valence-corrected chi connectivity index (χ2v) is 10.8. The topological polar surface area (TPSA) is 52.3 Å². The molecule has 0 heterocycles. The SMILES string of the molecule is CC1(OC(N)=O)CC2CCC1C1C3CCC(C4C5CCC(CC5)C34)C21. The first kappa shape index (κ1) is 15.3. The maximum absolute atomic E-state index is 11.6. The van der Waals surface area contributed by atoms with E-state index >= 15 is 0 Å². The summed E-state index contributed by atoms with van der Waals surface area (Å²) in [6.07, 6.45) is 12.2. The van der Waals surface area contributed by atoms with Gasteiger partial charge in [0.2, 0.25) is 0 Å². The second-order valence-electron chi connectivity index (χ2n) is 10.8. The average molecular weight is 344 g/mol. The molecule has 9 saturated carbocycles. The molecule has 9 aliphatic carbocycles. The van der Waals surface area contributed by atoms with Crippen molar-refractivity contribution in [2.45, 2.75) is 70.3 Å². The standard InChI is InChI=1S/C22H33NO2/c1-22(25-21(23)24)10-13-6-9-16(22)20-15-8-7-14(19(13)20)17-11-2-4-12(5-3-11)18(15)17/h11-20H,2-10H2,1H3,(H2,23,24). The van der Waals surface area contributed by atoms with Gasteiger partial charge in [-0.1, -0.05) is 0 Å². The van der Waals surface area contributed by atoms with E-state index in [1.54, 1.807) is 0 Å². The maximum atomic E-state index is 11.6. The quantitative estimate of drug-likeness (QED) is 0.757. The minimum atomic E-state index is -0.554. The van der Waals surface area contributed by atoms with Crippen LogP contribution < -0.4 is 5.73 Å². The van der Waals surface area contributed by atoms with Crippen molar-refractivity contribution >= 4 is 6.09 Å². The van der Waals surface area contributed by atoms with Crippen LogP contribution in [0.3, 0.4) is 0 Å². The highest BCUT2D eigenvalue weighted by molar-refractivity contribution is 5.65. The third-order valence-electron chi connectivity index (χ3n) is 10.2. The van der Waals surface area contributed by atoms with Gasteiger partial charge < -0.3 is 10.5 Å². The molecule has 0 aromatic rings. The van der Waals surface area contributed by atoms with Crippen molar-refractivity contribution in [2.75, 3.05) is 0 Å². The Bertz CT molecular complexity index is 597. The molecular formula is C22H33NO2. The number of amides is 1. The normalized spacial score (nSPS) is 60.8. The van der Waals surface area contributed by atoms with Gasteiger partial charge in [-0.25, -0.2) is 4.79 Å². The van der Waals surface area contributed by atoms with E-state index in [0.717, 1.165) is 59.7 Å². The molecule has 1 amide bonds. The van der Waals surface area contributed by atoms with Crippen LogP contribution >= 0.6 is 0 Å². The molecule has 9 aliphatic rings. The van der Waals surface area contributed by atoms with Crippen LogP contribution in [-0.2, 0) is 4.74 Å². The highest BCUT2D eigenvalue weighted by Crippen LogP contribution is 2.72. The zero-order valence-electron chi connectivity index (χ0n) is 15.5. The van der Waals surface area contributed by atoms with Crippen molar-refractivity contribution in [1.82, 2.24) is 0 Å². The summed E-state index contributed by atoms with van der Waals surface area (Å²) in [6, 6.07) is 0. The fourth-order valence-electron chi connectivity index (χ4n) is 10.0. The number of hydrogen-bond donors (Lipinski definition) is 1. The minimum absolute atomic E-state index is 0.281. The predicted molar refractivity (Wildman–Crippen MR) is 95.5 cm³/mol. The zero-order valence-corrected chi connectivity index (χ0v) is 15.5. The molecule has 0 aromatic carbocycles. The lowest BCUT2D eigenvalue weighted by atomic mass is 9.34. The van der Waals surface area contributed by atoms with Crippen molar-refractivity contribution in [3.8, 4) is 0 Å². The van der Waals surface area contributed by atoms with E-state index in [-0.39, 0.29) is 5.60 Å². The van der Waals surface area contributed by atoms with Crippen molar-refractivity contribution < 1.29 is 9.53 Å². The Balaban J connectivity index is 1.40. The van der Waals surface area contributed by atoms with Crippen LogP contribution in [0.15, 0.2) is 0 Å². The van der Waals surface area contributed by atoms with Crippen molar-refractivity contribution in [3.63, 3.8) is 0 Å². The van der Waals surface area contributed by atoms with Crippen LogP contribution in [-0.4, -0.2) is 11.7 Å². The fourth-order valence-corrected chi connectivity index (χ4v) is 10.0. The number of rotatable bonds is 1. The molecule has 2 N–H and O–H groups in total. The van der Waals surface area contributed by atoms with Gasteiger partial charge in [-0.2, -0.15) is 0 Å². The van der Waals surface area contributed by atoms with Gasteiger partial charge in [-0.3, -0.25) is 0 Å². The number of hydrogen-bond acceptors (Lipinski definition) is 2. The van der Waals surface area contributed by atoms with Gasteiger partial charge in [0.25, 0.3) is 0 Å². The number of primary amides is 1. The first-order chi connectivity index (χ1) is 12.1. The molecule has 0 spiro atoms. The van der Waals surface area contributed by atoms with Gasteiger partial charge >= 0.3 is 6.09 Å². The summed E-state index contributed by atoms with van der Waals surface area (Å²) in [4.78, 5) is 11.6. The monoisotopic (exact) mass is 343 g/mol. The molecule has 138 valence electrons. The smallest absolute Gasteiger partial charge is 0.405 e. The number of carbonyl (C=O) groups excluding carboxylic acids is 1. The third kappa shape index (κ3) is 1.86. The van der Waals surface area contributed by atoms with Crippen LogP contribution in [0.25, 0.3) is 0 Å². The summed E-state index contributed by atoms with van der Waals surface area (Å²) in [7, 11) is 0. The van der Waals surface area contributed by atoms with Crippen LogP contribution in [0.5, 0.6) is 0 Å². The summed E-state index contributed by atoms with van der Waals surface area (Å²) in [6.45, 7) is 2.21. The van der Waals surface area contributed by atoms with Crippen molar-refractivity contribution in [1.29, 1.82) is 0 Å². The van der Waals surface area contributed by atoms with Crippen LogP contribution in [0.4, 0.5) is 4.79 Å². The predicted octanol–water partition coefficient (Wildman–Crippen LogP) is 4.59. The lowest BCUT2D eigenvalue weighted by molar-refractivity contribution is -0.250. The molecule has 0 saturated heterocycles. The molecule has 9 atom stereocenters. The summed E-state index contributed by atoms with van der Waals surface area (Å²) in [5.74, 6) is 9.22. The van der Waals surface area contributed by atoms with E-state index in [2.05, 4.69) is 6.92 Å². The highest BCUT2D eigenvalue weighted by atomic mass is 16.6. The third-order valence-corrected chi connectivity index (χ3v) is 10.2. The second kappa shape index (κ2) is 4.95. The minimum Gasteiger partial charge on any atom is -0.443 e. The van der Waals surface area contributed by atoms with Crippen LogP contribution in [0, 0.1) is 59.2 Å². The molecule has 9 rings (SSSR count). The van der Waals surface area contributed by atoms with E-state index in [0.29, 0.717) is 5.92 Å². The molecule has 3 nitrogen and oxygen atoms in total. The number of carbonyl (C=O) groups is 1. The lowest BCUT2D eigenvalue weighted by Gasteiger charge is -2.71. The number of nitrogens with two attached hydrogens (primary N) is 1. The van der Waals surface area contributed by atoms with Crippen LogP contribution in [0.2, 0.25) is 0 Å². The van der Waals surface area contributed by atoms with E-state index < -0.39 is 6.09 Å². The summed E-state index contributed by atoms with van der Waals surface area (Å²) in [5.41, 5.74) is 5.20. The summed E-state index contributed by atoms with van der Waals surface area (Å²) in [5, 5.41) is 0. The van der Waals surface area contributed by atoms with Gasteiger partial charge in [0, 0.05) is 5.92 Å². The Morgan fingerprint density at radius 2 is 1.32 bits per heavy atom. The molecule has 6 bridgehead atoms.